The second-order valence-corrected chi connectivity index (χ2v) is 10.8. The Hall–Kier alpha value is -1.24. The Morgan fingerprint density at radius 1 is 1.25 bits per heavy atom. The molecule has 0 aromatic carbocycles. The van der Waals surface area contributed by atoms with Crippen LogP contribution in [0.15, 0.2) is 11.4 Å². The molecule has 0 saturated heterocycles. The quantitative estimate of drug-likeness (QED) is 0.273. The summed E-state index contributed by atoms with van der Waals surface area (Å²) in [6, 6.07) is 0. The number of nitrogens with zero attached hydrogens (tertiary/aromatic N) is 3. The van der Waals surface area contributed by atoms with E-state index in [9.17, 15) is 0 Å². The molecule has 28 heavy (non-hydrogen) atoms. The Bertz CT molecular complexity index is 1010. The van der Waals surface area contributed by atoms with Crippen LogP contribution in [0.1, 0.15) is 64.3 Å². The van der Waals surface area contributed by atoms with Crippen molar-refractivity contribution in [2.45, 2.75) is 77.5 Å². The molecule has 0 unspecified atom stereocenters. The first-order valence-corrected chi connectivity index (χ1v) is 12.0. The second kappa shape index (κ2) is 7.88. The number of thiophene rings is 1. The maximum atomic E-state index is 6.17. The zero-order valence-electron chi connectivity index (χ0n) is 17.5. The van der Waals surface area contributed by atoms with Gasteiger partial charge in [0.05, 0.1) is 22.4 Å². The van der Waals surface area contributed by atoms with Crippen molar-refractivity contribution in [1.82, 2.24) is 15.0 Å². The monoisotopic (exact) mass is 415 g/mol. The summed E-state index contributed by atoms with van der Waals surface area (Å²) in [5, 5.41) is 2.34. The van der Waals surface area contributed by atoms with Crippen molar-refractivity contribution in [1.29, 1.82) is 0 Å². The molecule has 4 nitrogen and oxygen atoms in total. The Labute approximate surface area is 175 Å². The van der Waals surface area contributed by atoms with Gasteiger partial charge in [-0.2, -0.15) is 0 Å². The van der Waals surface area contributed by atoms with Crippen LogP contribution in [0.5, 0.6) is 0 Å². The third-order valence-corrected chi connectivity index (χ3v) is 7.50. The second-order valence-electron chi connectivity index (χ2n) is 8.68. The summed E-state index contributed by atoms with van der Waals surface area (Å²) >= 11 is 3.61. The molecule has 0 fully saturated rings. The molecule has 6 heteroatoms. The van der Waals surface area contributed by atoms with Gasteiger partial charge in [0.25, 0.3) is 0 Å². The average molecular weight is 416 g/mol. The summed E-state index contributed by atoms with van der Waals surface area (Å²) in [4.78, 5) is 15.5. The molecule has 150 valence electrons. The van der Waals surface area contributed by atoms with Crippen molar-refractivity contribution in [3.05, 3.63) is 23.1 Å². The lowest BCUT2D eigenvalue weighted by Gasteiger charge is -2.33. The standard InChI is InChI=1S/C22H29N3OS2/c1-6-7-8-27-21-19-18(23-12-24-21)17-14-10-22(4,5)26-11-15(14)16(9-13(2)3)25-20(17)28-19/h12-13H,6-11H2,1-5H3. The SMILES string of the molecule is CCCCSc1ncnc2c1sc1nc(CC(C)C)c3c(c12)CC(C)(C)OC3. The van der Waals surface area contributed by atoms with Crippen molar-refractivity contribution in [2.75, 3.05) is 5.75 Å². The van der Waals surface area contributed by atoms with Gasteiger partial charge in [-0.05, 0) is 43.9 Å². The molecule has 1 aliphatic rings. The highest BCUT2D eigenvalue weighted by atomic mass is 32.2. The van der Waals surface area contributed by atoms with Gasteiger partial charge in [-0.15, -0.1) is 23.1 Å². The molecule has 0 atom stereocenters. The molecule has 3 aromatic rings. The van der Waals surface area contributed by atoms with E-state index in [1.54, 1.807) is 17.7 Å². The van der Waals surface area contributed by atoms with E-state index in [-0.39, 0.29) is 5.60 Å². The number of hydrogen-bond donors (Lipinski definition) is 0. The van der Waals surface area contributed by atoms with E-state index in [0.29, 0.717) is 12.5 Å². The van der Waals surface area contributed by atoms with Gasteiger partial charge < -0.3 is 4.74 Å². The number of thioether (sulfide) groups is 1. The smallest absolute Gasteiger partial charge is 0.126 e. The van der Waals surface area contributed by atoms with E-state index in [1.807, 2.05) is 11.8 Å². The van der Waals surface area contributed by atoms with Gasteiger partial charge >= 0.3 is 0 Å². The Kier molecular flexibility index (Phi) is 5.64. The lowest BCUT2D eigenvalue weighted by molar-refractivity contribution is -0.0402. The van der Waals surface area contributed by atoms with Crippen LogP contribution in [0.2, 0.25) is 0 Å². The summed E-state index contributed by atoms with van der Waals surface area (Å²) < 4.78 is 7.36. The number of ether oxygens (including phenoxy) is 1. The first-order valence-electron chi connectivity index (χ1n) is 10.2. The van der Waals surface area contributed by atoms with Crippen molar-refractivity contribution in [3.8, 4) is 0 Å². The van der Waals surface area contributed by atoms with E-state index in [2.05, 4.69) is 39.6 Å². The topological polar surface area (TPSA) is 47.9 Å². The predicted octanol–water partition coefficient (Wildman–Crippen LogP) is 6.18. The van der Waals surface area contributed by atoms with Crippen LogP contribution in [0, 0.1) is 5.92 Å². The van der Waals surface area contributed by atoms with Crippen LogP contribution in [0.4, 0.5) is 0 Å². The van der Waals surface area contributed by atoms with Gasteiger partial charge in [0.1, 0.15) is 16.2 Å². The number of pyridine rings is 1. The zero-order valence-corrected chi connectivity index (χ0v) is 19.1. The van der Waals surface area contributed by atoms with Crippen molar-refractivity contribution in [2.24, 2.45) is 5.92 Å². The van der Waals surface area contributed by atoms with E-state index in [0.717, 1.165) is 34.0 Å². The summed E-state index contributed by atoms with van der Waals surface area (Å²) in [5.74, 6) is 1.67. The molecular formula is C22H29N3OS2. The molecule has 0 saturated carbocycles. The molecule has 4 rings (SSSR count). The number of hydrogen-bond acceptors (Lipinski definition) is 6. The van der Waals surface area contributed by atoms with E-state index >= 15 is 0 Å². The lowest BCUT2D eigenvalue weighted by Crippen LogP contribution is -2.33. The average Bonchev–Trinajstić information content (AvgIpc) is 3.00. The van der Waals surface area contributed by atoms with Gasteiger partial charge in [-0.3, -0.25) is 0 Å². The van der Waals surface area contributed by atoms with Crippen LogP contribution in [-0.4, -0.2) is 26.3 Å². The summed E-state index contributed by atoms with van der Waals surface area (Å²) in [5.41, 5.74) is 4.81. The maximum absolute atomic E-state index is 6.17. The molecule has 3 aromatic heterocycles. The largest absolute Gasteiger partial charge is 0.370 e. The zero-order chi connectivity index (χ0) is 19.9. The van der Waals surface area contributed by atoms with Gasteiger partial charge in [0.2, 0.25) is 0 Å². The molecule has 4 heterocycles. The third kappa shape index (κ3) is 3.79. The molecule has 0 bridgehead atoms. The van der Waals surface area contributed by atoms with Crippen molar-refractivity contribution >= 4 is 43.5 Å². The van der Waals surface area contributed by atoms with Gasteiger partial charge in [-0.25, -0.2) is 15.0 Å². The highest BCUT2D eigenvalue weighted by Crippen LogP contribution is 2.43. The minimum atomic E-state index is -0.156. The highest BCUT2D eigenvalue weighted by molar-refractivity contribution is 7.99. The summed E-state index contributed by atoms with van der Waals surface area (Å²) in [7, 11) is 0. The summed E-state index contributed by atoms with van der Waals surface area (Å²) in [6.07, 6.45) is 6.03. The van der Waals surface area contributed by atoms with Crippen LogP contribution in [0.25, 0.3) is 20.4 Å². The Balaban J connectivity index is 1.93. The fourth-order valence-corrected chi connectivity index (χ4v) is 6.16. The first kappa shape index (κ1) is 20.0. The van der Waals surface area contributed by atoms with E-state index in [4.69, 9.17) is 14.7 Å². The van der Waals surface area contributed by atoms with Gasteiger partial charge in [0.15, 0.2) is 0 Å². The number of unbranched alkanes of at least 4 members (excludes halogenated alkanes) is 1. The number of rotatable bonds is 6. The maximum Gasteiger partial charge on any atom is 0.126 e. The van der Waals surface area contributed by atoms with Crippen LogP contribution >= 0.6 is 23.1 Å². The lowest BCUT2D eigenvalue weighted by atomic mass is 9.88. The Morgan fingerprint density at radius 3 is 2.82 bits per heavy atom. The number of fused-ring (bicyclic) bond motifs is 5. The minimum Gasteiger partial charge on any atom is -0.370 e. The van der Waals surface area contributed by atoms with Gasteiger partial charge in [-0.1, -0.05) is 27.2 Å². The molecule has 0 amide bonds. The third-order valence-electron chi connectivity index (χ3n) is 5.22. The Morgan fingerprint density at radius 2 is 2.07 bits per heavy atom. The molecule has 0 aliphatic carbocycles. The summed E-state index contributed by atoms with van der Waals surface area (Å²) in [6.45, 7) is 11.7. The predicted molar refractivity (Wildman–Crippen MR) is 119 cm³/mol. The molecule has 0 N–H and O–H groups in total. The van der Waals surface area contributed by atoms with E-state index in [1.165, 1.54) is 39.7 Å². The molecular weight excluding hydrogens is 386 g/mol. The molecule has 0 spiro atoms. The van der Waals surface area contributed by atoms with Crippen LogP contribution in [-0.2, 0) is 24.2 Å². The molecule has 1 aliphatic heterocycles. The number of aromatic nitrogens is 3. The van der Waals surface area contributed by atoms with Crippen LogP contribution in [0.3, 0.4) is 0 Å². The normalized spacial score (nSPS) is 16.2. The molecule has 0 radical (unpaired) electrons. The minimum absolute atomic E-state index is 0.156. The van der Waals surface area contributed by atoms with E-state index < -0.39 is 0 Å². The fraction of sp³-hybridized carbons (Fsp3) is 0.591. The first-order chi connectivity index (χ1) is 13.4. The van der Waals surface area contributed by atoms with Gasteiger partial charge in [0, 0.05) is 23.1 Å². The van der Waals surface area contributed by atoms with Crippen LogP contribution < -0.4 is 0 Å². The highest BCUT2D eigenvalue weighted by Gasteiger charge is 2.31. The van der Waals surface area contributed by atoms with Crippen molar-refractivity contribution < 1.29 is 4.74 Å². The van der Waals surface area contributed by atoms with Crippen molar-refractivity contribution in [3.63, 3.8) is 0 Å². The fourth-order valence-electron chi connectivity index (χ4n) is 3.82.